The molecule has 0 fully saturated rings. The Hall–Kier alpha value is -3.41. The van der Waals surface area contributed by atoms with Crippen molar-refractivity contribution in [2.45, 2.75) is 13.8 Å². The molecule has 0 bridgehead atoms. The second-order valence-corrected chi connectivity index (χ2v) is 5.98. The van der Waals surface area contributed by atoms with Crippen molar-refractivity contribution in [3.63, 3.8) is 0 Å². The van der Waals surface area contributed by atoms with E-state index in [9.17, 15) is 9.18 Å². The van der Waals surface area contributed by atoms with Crippen LogP contribution in [0, 0.1) is 19.7 Å². The Morgan fingerprint density at radius 2 is 1.85 bits per heavy atom. The van der Waals surface area contributed by atoms with Gasteiger partial charge in [-0.15, -0.1) is 0 Å². The summed E-state index contributed by atoms with van der Waals surface area (Å²) in [7, 11) is 0. The number of benzene rings is 2. The Labute approximate surface area is 156 Å². The Morgan fingerprint density at radius 1 is 1.11 bits per heavy atom. The standard InChI is InChI=1S/C21H19FN2O3/c1-14-6-5-7-15(2)21(14)26-13-20(25)24-23-12-16-10-11-19(27-16)17-8-3-4-9-18(17)22/h3-12H,13H2,1-2H3,(H,24,25)/b23-12+. The lowest BCUT2D eigenvalue weighted by atomic mass is 10.1. The Kier molecular flexibility index (Phi) is 5.66. The monoisotopic (exact) mass is 366 g/mol. The molecule has 138 valence electrons. The quantitative estimate of drug-likeness (QED) is 0.524. The van der Waals surface area contributed by atoms with Crippen LogP contribution in [0.4, 0.5) is 4.39 Å². The fourth-order valence-electron chi connectivity index (χ4n) is 2.59. The van der Waals surface area contributed by atoms with Crippen molar-refractivity contribution in [1.29, 1.82) is 0 Å². The summed E-state index contributed by atoms with van der Waals surface area (Å²) in [6, 6.07) is 15.4. The van der Waals surface area contributed by atoms with Crippen LogP contribution < -0.4 is 10.2 Å². The molecule has 1 N–H and O–H groups in total. The van der Waals surface area contributed by atoms with Crippen molar-refractivity contribution in [2.75, 3.05) is 6.61 Å². The summed E-state index contributed by atoms with van der Waals surface area (Å²) >= 11 is 0. The lowest BCUT2D eigenvalue weighted by Gasteiger charge is -2.10. The largest absolute Gasteiger partial charge is 0.483 e. The number of hydrogen-bond acceptors (Lipinski definition) is 4. The number of nitrogens with one attached hydrogen (secondary N) is 1. The molecule has 0 unspecified atom stereocenters. The summed E-state index contributed by atoms with van der Waals surface area (Å²) in [5.41, 5.74) is 4.66. The van der Waals surface area contributed by atoms with Crippen molar-refractivity contribution < 1.29 is 18.3 Å². The van der Waals surface area contributed by atoms with Crippen LogP contribution in [-0.2, 0) is 4.79 Å². The molecular weight excluding hydrogens is 347 g/mol. The fraction of sp³-hybridized carbons (Fsp3) is 0.143. The third-order valence-corrected chi connectivity index (χ3v) is 3.90. The van der Waals surface area contributed by atoms with Crippen LogP contribution in [0.5, 0.6) is 5.75 Å². The van der Waals surface area contributed by atoms with Crippen LogP contribution in [0.15, 0.2) is 64.1 Å². The maximum atomic E-state index is 13.8. The number of amides is 1. The van der Waals surface area contributed by atoms with E-state index >= 15 is 0 Å². The summed E-state index contributed by atoms with van der Waals surface area (Å²) in [6.45, 7) is 3.69. The summed E-state index contributed by atoms with van der Waals surface area (Å²) < 4.78 is 24.8. The highest BCUT2D eigenvalue weighted by molar-refractivity contribution is 5.81. The van der Waals surface area contributed by atoms with E-state index in [2.05, 4.69) is 10.5 Å². The second kappa shape index (κ2) is 8.31. The van der Waals surface area contributed by atoms with Crippen molar-refractivity contribution >= 4 is 12.1 Å². The lowest BCUT2D eigenvalue weighted by molar-refractivity contribution is -0.123. The molecule has 0 radical (unpaired) electrons. The number of ether oxygens (including phenoxy) is 1. The van der Waals surface area contributed by atoms with E-state index in [0.717, 1.165) is 11.1 Å². The van der Waals surface area contributed by atoms with Gasteiger partial charge in [0.1, 0.15) is 23.1 Å². The summed E-state index contributed by atoms with van der Waals surface area (Å²) in [5, 5.41) is 3.84. The minimum Gasteiger partial charge on any atom is -0.483 e. The SMILES string of the molecule is Cc1cccc(C)c1OCC(=O)N/N=C/c1ccc(-c2ccccc2F)o1. The molecule has 0 aliphatic rings. The molecule has 2 aromatic carbocycles. The molecule has 5 nitrogen and oxygen atoms in total. The molecule has 3 rings (SSSR count). The Balaban J connectivity index is 1.55. The molecule has 0 saturated heterocycles. The minimum atomic E-state index is -0.394. The molecule has 0 aliphatic carbocycles. The molecule has 0 spiro atoms. The van der Waals surface area contributed by atoms with Gasteiger partial charge < -0.3 is 9.15 Å². The average Bonchev–Trinajstić information content (AvgIpc) is 3.10. The maximum absolute atomic E-state index is 13.8. The molecule has 6 heteroatoms. The first kappa shape index (κ1) is 18.4. The van der Waals surface area contributed by atoms with Gasteiger partial charge in [0.15, 0.2) is 6.61 Å². The average molecular weight is 366 g/mol. The van der Waals surface area contributed by atoms with Crippen molar-refractivity contribution in [3.8, 4) is 17.1 Å². The zero-order chi connectivity index (χ0) is 19.2. The van der Waals surface area contributed by atoms with Crippen LogP contribution in [0.2, 0.25) is 0 Å². The maximum Gasteiger partial charge on any atom is 0.277 e. The van der Waals surface area contributed by atoms with E-state index in [1.54, 1.807) is 30.3 Å². The third kappa shape index (κ3) is 4.61. The van der Waals surface area contributed by atoms with Crippen LogP contribution in [-0.4, -0.2) is 18.7 Å². The van der Waals surface area contributed by atoms with E-state index in [4.69, 9.17) is 9.15 Å². The van der Waals surface area contributed by atoms with Gasteiger partial charge in [-0.1, -0.05) is 30.3 Å². The van der Waals surface area contributed by atoms with E-state index in [1.807, 2.05) is 32.0 Å². The van der Waals surface area contributed by atoms with Gasteiger partial charge in [-0.05, 0) is 49.2 Å². The number of halogens is 1. The first-order chi connectivity index (χ1) is 13.0. The number of para-hydroxylation sites is 1. The molecule has 0 aliphatic heterocycles. The topological polar surface area (TPSA) is 63.8 Å². The van der Waals surface area contributed by atoms with E-state index in [-0.39, 0.29) is 12.4 Å². The number of furan rings is 1. The number of rotatable bonds is 6. The van der Waals surface area contributed by atoms with Gasteiger partial charge in [-0.3, -0.25) is 4.79 Å². The van der Waals surface area contributed by atoms with Crippen molar-refractivity contribution in [1.82, 2.24) is 5.43 Å². The molecule has 3 aromatic rings. The van der Waals surface area contributed by atoms with Gasteiger partial charge in [0.2, 0.25) is 0 Å². The fourth-order valence-corrected chi connectivity index (χ4v) is 2.59. The second-order valence-electron chi connectivity index (χ2n) is 5.98. The predicted octanol–water partition coefficient (Wildman–Crippen LogP) is 4.23. The van der Waals surface area contributed by atoms with Crippen LogP contribution in [0.3, 0.4) is 0 Å². The lowest BCUT2D eigenvalue weighted by Crippen LogP contribution is -2.24. The van der Waals surface area contributed by atoms with E-state index in [0.29, 0.717) is 22.8 Å². The normalized spacial score (nSPS) is 10.9. The first-order valence-electron chi connectivity index (χ1n) is 8.40. The van der Waals surface area contributed by atoms with Crippen molar-refractivity contribution in [2.24, 2.45) is 5.10 Å². The first-order valence-corrected chi connectivity index (χ1v) is 8.40. The molecule has 0 saturated carbocycles. The molecule has 1 amide bonds. The number of carbonyl (C=O) groups excluding carboxylic acids is 1. The van der Waals surface area contributed by atoms with Gasteiger partial charge in [-0.25, -0.2) is 9.82 Å². The van der Waals surface area contributed by atoms with Crippen LogP contribution in [0.25, 0.3) is 11.3 Å². The minimum absolute atomic E-state index is 0.151. The van der Waals surface area contributed by atoms with E-state index < -0.39 is 5.91 Å². The molecule has 1 aromatic heterocycles. The molecule has 27 heavy (non-hydrogen) atoms. The molecule has 1 heterocycles. The number of aryl methyl sites for hydroxylation is 2. The van der Waals surface area contributed by atoms with Gasteiger partial charge >= 0.3 is 0 Å². The smallest absolute Gasteiger partial charge is 0.277 e. The Morgan fingerprint density at radius 3 is 2.59 bits per heavy atom. The van der Waals surface area contributed by atoms with Gasteiger partial charge in [-0.2, -0.15) is 5.10 Å². The molecule has 0 atom stereocenters. The number of nitrogens with zero attached hydrogens (tertiary/aromatic N) is 1. The predicted molar refractivity (Wildman–Crippen MR) is 101 cm³/mol. The number of hydrogen-bond donors (Lipinski definition) is 1. The zero-order valence-corrected chi connectivity index (χ0v) is 15.0. The zero-order valence-electron chi connectivity index (χ0n) is 15.0. The highest BCUT2D eigenvalue weighted by Crippen LogP contribution is 2.24. The molecular formula is C21H19FN2O3. The summed E-state index contributed by atoms with van der Waals surface area (Å²) in [5.74, 6) is 0.711. The van der Waals surface area contributed by atoms with Gasteiger partial charge in [0, 0.05) is 0 Å². The third-order valence-electron chi connectivity index (χ3n) is 3.90. The summed E-state index contributed by atoms with van der Waals surface area (Å²) in [6.07, 6.45) is 1.35. The Bertz CT molecular complexity index is 959. The number of carbonyl (C=O) groups is 1. The van der Waals surface area contributed by atoms with E-state index in [1.165, 1.54) is 12.3 Å². The summed E-state index contributed by atoms with van der Waals surface area (Å²) in [4.78, 5) is 11.9. The highest BCUT2D eigenvalue weighted by Gasteiger charge is 2.09. The van der Waals surface area contributed by atoms with Gasteiger partial charge in [0.05, 0.1) is 11.8 Å². The van der Waals surface area contributed by atoms with Crippen LogP contribution >= 0.6 is 0 Å². The number of hydrazone groups is 1. The van der Waals surface area contributed by atoms with Gasteiger partial charge in [0.25, 0.3) is 5.91 Å². The van der Waals surface area contributed by atoms with Crippen molar-refractivity contribution in [3.05, 3.63) is 77.3 Å². The highest BCUT2D eigenvalue weighted by atomic mass is 19.1. The van der Waals surface area contributed by atoms with Crippen LogP contribution in [0.1, 0.15) is 16.9 Å².